The molecule has 5 heteroatoms. The fourth-order valence-corrected chi connectivity index (χ4v) is 1.42. The molecule has 4 N–H and O–H groups in total. The smallest absolute Gasteiger partial charge is 0.140 e. The molecule has 0 aromatic heterocycles. The number of methoxy groups -OCH3 is 1. The van der Waals surface area contributed by atoms with Gasteiger partial charge in [-0.15, -0.1) is 0 Å². The molecule has 0 saturated carbocycles. The van der Waals surface area contributed by atoms with Gasteiger partial charge in [0.2, 0.25) is 0 Å². The first-order valence-corrected chi connectivity index (χ1v) is 5.56. The SMILES string of the molecule is COc1ccc(CCNCCC(N)=NO)cc1. The maximum absolute atomic E-state index is 8.34. The first-order chi connectivity index (χ1) is 8.26. The Bertz CT molecular complexity index is 349. The van der Waals surface area contributed by atoms with Gasteiger partial charge in [-0.2, -0.15) is 0 Å². The predicted octanol–water partition coefficient (Wildman–Crippen LogP) is 0.964. The fraction of sp³-hybridized carbons (Fsp3) is 0.417. The lowest BCUT2D eigenvalue weighted by Crippen LogP contribution is -2.24. The second-order valence-corrected chi connectivity index (χ2v) is 3.69. The highest BCUT2D eigenvalue weighted by Gasteiger charge is 1.96. The molecule has 0 bridgehead atoms. The molecular formula is C12H19N3O2. The summed E-state index contributed by atoms with van der Waals surface area (Å²) in [5.74, 6) is 1.12. The van der Waals surface area contributed by atoms with Crippen molar-refractivity contribution in [2.45, 2.75) is 12.8 Å². The topological polar surface area (TPSA) is 79.9 Å². The van der Waals surface area contributed by atoms with Crippen LogP contribution in [0.4, 0.5) is 0 Å². The summed E-state index contributed by atoms with van der Waals surface area (Å²) in [7, 11) is 1.66. The maximum atomic E-state index is 8.34. The van der Waals surface area contributed by atoms with E-state index in [0.717, 1.165) is 18.7 Å². The Morgan fingerprint density at radius 2 is 2.06 bits per heavy atom. The van der Waals surface area contributed by atoms with E-state index in [4.69, 9.17) is 15.7 Å². The summed E-state index contributed by atoms with van der Waals surface area (Å²) in [5.41, 5.74) is 6.60. The number of rotatable bonds is 7. The van der Waals surface area contributed by atoms with E-state index in [1.165, 1.54) is 5.56 Å². The van der Waals surface area contributed by atoms with Gasteiger partial charge in [-0.05, 0) is 30.7 Å². The Labute approximate surface area is 101 Å². The van der Waals surface area contributed by atoms with Gasteiger partial charge in [0.25, 0.3) is 0 Å². The average Bonchev–Trinajstić information content (AvgIpc) is 2.38. The summed E-state index contributed by atoms with van der Waals surface area (Å²) in [5, 5.41) is 14.5. The molecule has 0 radical (unpaired) electrons. The molecule has 17 heavy (non-hydrogen) atoms. The molecule has 0 aliphatic heterocycles. The highest BCUT2D eigenvalue weighted by Crippen LogP contribution is 2.11. The Balaban J connectivity index is 2.17. The number of oxime groups is 1. The van der Waals surface area contributed by atoms with Gasteiger partial charge >= 0.3 is 0 Å². The van der Waals surface area contributed by atoms with Gasteiger partial charge in [0.05, 0.1) is 7.11 Å². The lowest BCUT2D eigenvalue weighted by molar-refractivity contribution is 0.316. The third kappa shape index (κ3) is 5.21. The van der Waals surface area contributed by atoms with Crippen LogP contribution in [0.5, 0.6) is 5.75 Å². The molecule has 1 aromatic carbocycles. The van der Waals surface area contributed by atoms with Crippen molar-refractivity contribution >= 4 is 5.84 Å². The molecule has 0 amide bonds. The van der Waals surface area contributed by atoms with E-state index in [2.05, 4.69) is 10.5 Å². The number of nitrogens with one attached hydrogen (secondary N) is 1. The zero-order valence-corrected chi connectivity index (χ0v) is 10.0. The van der Waals surface area contributed by atoms with Gasteiger partial charge < -0.3 is 21.0 Å². The minimum atomic E-state index is 0.252. The third-order valence-electron chi connectivity index (χ3n) is 2.44. The van der Waals surface area contributed by atoms with Gasteiger partial charge in [-0.1, -0.05) is 17.3 Å². The molecule has 94 valence electrons. The van der Waals surface area contributed by atoms with Crippen LogP contribution in [0.15, 0.2) is 29.4 Å². The highest BCUT2D eigenvalue weighted by atomic mass is 16.5. The Morgan fingerprint density at radius 1 is 1.35 bits per heavy atom. The number of nitrogens with two attached hydrogens (primary N) is 1. The predicted molar refractivity (Wildman–Crippen MR) is 67.6 cm³/mol. The number of hydrogen-bond donors (Lipinski definition) is 3. The molecule has 0 unspecified atom stereocenters. The molecule has 1 rings (SSSR count). The maximum Gasteiger partial charge on any atom is 0.140 e. The zero-order chi connectivity index (χ0) is 12.5. The van der Waals surface area contributed by atoms with Gasteiger partial charge in [0, 0.05) is 13.0 Å². The molecule has 0 aliphatic carbocycles. The van der Waals surface area contributed by atoms with Crippen LogP contribution in [0.1, 0.15) is 12.0 Å². The first-order valence-electron chi connectivity index (χ1n) is 5.56. The lowest BCUT2D eigenvalue weighted by atomic mass is 10.1. The summed E-state index contributed by atoms with van der Waals surface area (Å²) < 4.78 is 5.08. The standard InChI is InChI=1S/C12H19N3O2/c1-17-11-4-2-10(3-5-11)6-8-14-9-7-12(13)15-16/h2-5,14,16H,6-9H2,1H3,(H2,13,15). The van der Waals surface area contributed by atoms with Crippen molar-refractivity contribution in [1.82, 2.24) is 5.32 Å². The molecule has 0 heterocycles. The third-order valence-corrected chi connectivity index (χ3v) is 2.44. The largest absolute Gasteiger partial charge is 0.497 e. The van der Waals surface area contributed by atoms with Crippen molar-refractivity contribution in [2.24, 2.45) is 10.9 Å². The van der Waals surface area contributed by atoms with Crippen molar-refractivity contribution < 1.29 is 9.94 Å². The number of ether oxygens (including phenoxy) is 1. The molecule has 5 nitrogen and oxygen atoms in total. The molecule has 0 atom stereocenters. The van der Waals surface area contributed by atoms with E-state index in [9.17, 15) is 0 Å². The van der Waals surface area contributed by atoms with Crippen LogP contribution in [0.3, 0.4) is 0 Å². The normalized spacial score (nSPS) is 11.5. The number of hydrogen-bond acceptors (Lipinski definition) is 4. The van der Waals surface area contributed by atoms with Crippen LogP contribution in [0.25, 0.3) is 0 Å². The Hall–Kier alpha value is -1.75. The van der Waals surface area contributed by atoms with Crippen molar-refractivity contribution in [1.29, 1.82) is 0 Å². The van der Waals surface area contributed by atoms with Crippen molar-refractivity contribution in [3.05, 3.63) is 29.8 Å². The Kier molecular flexibility index (Phi) is 5.88. The van der Waals surface area contributed by atoms with E-state index in [-0.39, 0.29) is 5.84 Å². The van der Waals surface area contributed by atoms with E-state index in [1.807, 2.05) is 24.3 Å². The van der Waals surface area contributed by atoms with Crippen molar-refractivity contribution in [2.75, 3.05) is 20.2 Å². The van der Waals surface area contributed by atoms with Crippen molar-refractivity contribution in [3.8, 4) is 5.75 Å². The average molecular weight is 237 g/mol. The van der Waals surface area contributed by atoms with Crippen LogP contribution in [0.2, 0.25) is 0 Å². The van der Waals surface area contributed by atoms with Gasteiger partial charge in [0.15, 0.2) is 0 Å². The zero-order valence-electron chi connectivity index (χ0n) is 10.0. The van der Waals surface area contributed by atoms with E-state index >= 15 is 0 Å². The molecule has 1 aromatic rings. The molecule has 0 fully saturated rings. The van der Waals surface area contributed by atoms with Gasteiger partial charge in [-0.3, -0.25) is 0 Å². The van der Waals surface area contributed by atoms with Crippen LogP contribution in [-0.4, -0.2) is 31.2 Å². The van der Waals surface area contributed by atoms with Crippen LogP contribution >= 0.6 is 0 Å². The van der Waals surface area contributed by atoms with E-state index in [1.54, 1.807) is 7.11 Å². The van der Waals surface area contributed by atoms with E-state index < -0.39 is 0 Å². The quantitative estimate of drug-likeness (QED) is 0.217. The summed E-state index contributed by atoms with van der Waals surface area (Å²) in [6.45, 7) is 1.58. The van der Waals surface area contributed by atoms with Gasteiger partial charge in [-0.25, -0.2) is 0 Å². The first kappa shape index (κ1) is 13.3. The second-order valence-electron chi connectivity index (χ2n) is 3.69. The summed E-state index contributed by atoms with van der Waals surface area (Å²) >= 11 is 0. The van der Waals surface area contributed by atoms with Crippen LogP contribution < -0.4 is 15.8 Å². The monoisotopic (exact) mass is 237 g/mol. The van der Waals surface area contributed by atoms with E-state index in [0.29, 0.717) is 13.0 Å². The highest BCUT2D eigenvalue weighted by molar-refractivity contribution is 5.79. The van der Waals surface area contributed by atoms with Gasteiger partial charge in [0.1, 0.15) is 11.6 Å². The fourth-order valence-electron chi connectivity index (χ4n) is 1.42. The summed E-state index contributed by atoms with van der Waals surface area (Å²) in [4.78, 5) is 0. The van der Waals surface area contributed by atoms with Crippen LogP contribution in [-0.2, 0) is 6.42 Å². The second kappa shape index (κ2) is 7.51. The van der Waals surface area contributed by atoms with Crippen molar-refractivity contribution in [3.63, 3.8) is 0 Å². The molecule has 0 saturated heterocycles. The summed E-state index contributed by atoms with van der Waals surface area (Å²) in [6.07, 6.45) is 1.50. The minimum absolute atomic E-state index is 0.252. The number of nitrogens with zero attached hydrogens (tertiary/aromatic N) is 1. The summed E-state index contributed by atoms with van der Waals surface area (Å²) in [6, 6.07) is 7.99. The molecular weight excluding hydrogens is 218 g/mol. The number of benzene rings is 1. The lowest BCUT2D eigenvalue weighted by Gasteiger charge is -2.05. The molecule has 0 spiro atoms. The van der Waals surface area contributed by atoms with Crippen LogP contribution in [0, 0.1) is 0 Å². The number of amidine groups is 1. The Morgan fingerprint density at radius 3 is 2.65 bits per heavy atom. The minimum Gasteiger partial charge on any atom is -0.497 e. The molecule has 0 aliphatic rings.